The molecule has 4 aromatic carbocycles. The van der Waals surface area contributed by atoms with Crippen LogP contribution in [0.5, 0.6) is 0 Å². The molecule has 0 aliphatic carbocycles. The van der Waals surface area contributed by atoms with Gasteiger partial charge < -0.3 is 24.3 Å². The lowest BCUT2D eigenvalue weighted by molar-refractivity contribution is -0.245. The summed E-state index contributed by atoms with van der Waals surface area (Å²) in [6.07, 6.45) is 4.75. The smallest absolute Gasteiger partial charge is 0.256 e. The number of carbonyl (C=O) groups excluding carboxylic acids is 2. The van der Waals surface area contributed by atoms with Crippen LogP contribution < -0.4 is 5.32 Å². The number of aliphatic hydroxyl groups is 1. The van der Waals surface area contributed by atoms with Crippen molar-refractivity contribution >= 4 is 29.1 Å². The van der Waals surface area contributed by atoms with Crippen LogP contribution >= 0.6 is 11.8 Å². The molecule has 8 nitrogen and oxygen atoms in total. The molecule has 0 bridgehead atoms. The zero-order chi connectivity index (χ0) is 36.1. The molecule has 270 valence electrons. The fraction of sp³-hybridized carbons (Fsp3) is 0.326. The Kier molecular flexibility index (Phi) is 13.5. The van der Waals surface area contributed by atoms with Gasteiger partial charge in [-0.25, -0.2) is 4.98 Å². The van der Waals surface area contributed by atoms with Crippen molar-refractivity contribution in [1.82, 2.24) is 4.98 Å². The second-order valence-corrected chi connectivity index (χ2v) is 14.0. The topological polar surface area (TPSA) is 111 Å². The van der Waals surface area contributed by atoms with Gasteiger partial charge in [-0.3, -0.25) is 9.59 Å². The third-order valence-corrected chi connectivity index (χ3v) is 10.1. The van der Waals surface area contributed by atoms with E-state index < -0.39 is 12.9 Å². The Morgan fingerprint density at radius 1 is 0.788 bits per heavy atom. The third kappa shape index (κ3) is 10.3. The van der Waals surface area contributed by atoms with Crippen molar-refractivity contribution in [3.63, 3.8) is 0 Å². The molecule has 1 aromatic heterocycles. The lowest BCUT2D eigenvalue weighted by atomic mass is 10.00. The number of amides is 1. The van der Waals surface area contributed by atoms with E-state index in [-0.39, 0.29) is 23.9 Å². The monoisotopic (exact) mass is 718 g/mol. The average molecular weight is 719 g/mol. The highest BCUT2D eigenvalue weighted by Gasteiger charge is 2.33. The summed E-state index contributed by atoms with van der Waals surface area (Å²) >= 11 is 1.54. The lowest BCUT2D eigenvalue weighted by Gasteiger charge is -2.36. The normalized spacial score (nSPS) is 17.2. The third-order valence-electron chi connectivity index (χ3n) is 9.18. The fourth-order valence-corrected chi connectivity index (χ4v) is 7.09. The standard InChI is InChI=1S/C43H46N2O6S/c1-2-30-19-21-31(22-20-30)38-27-37(29-52-43-45-40(32-13-7-5-8-14-32)41(51-43)33-15-9-6-10-16-33)49-42(50-38)34-23-25-35(26-24-34)44-39(48)18-12-4-3-11-17-36(47)28-46/h5-10,13-16,19-26,37-38,42,46H,2-4,11-12,17-18,27-29H2,1H3,(H,44,48)/t37-,38+,42+/m1/s1. The number of aromatic nitrogens is 1. The maximum atomic E-state index is 12.6. The number of aryl methyl sites for hydroxylation is 1. The van der Waals surface area contributed by atoms with Gasteiger partial charge in [-0.05, 0) is 42.5 Å². The van der Waals surface area contributed by atoms with Crippen molar-refractivity contribution in [3.8, 4) is 22.6 Å². The van der Waals surface area contributed by atoms with Crippen LogP contribution in [0, 0.1) is 0 Å². The van der Waals surface area contributed by atoms with E-state index in [1.54, 1.807) is 11.8 Å². The molecular weight excluding hydrogens is 673 g/mol. The molecule has 1 saturated heterocycles. The van der Waals surface area contributed by atoms with Crippen LogP contribution in [-0.4, -0.2) is 40.2 Å². The minimum atomic E-state index is -0.595. The average Bonchev–Trinajstić information content (AvgIpc) is 3.63. The van der Waals surface area contributed by atoms with Crippen LogP contribution in [0.2, 0.25) is 0 Å². The molecule has 1 amide bonds. The van der Waals surface area contributed by atoms with Gasteiger partial charge in [0.25, 0.3) is 5.22 Å². The Balaban J connectivity index is 1.12. The Hall–Kier alpha value is -4.54. The van der Waals surface area contributed by atoms with Crippen LogP contribution in [0.25, 0.3) is 22.6 Å². The number of thioether (sulfide) groups is 1. The van der Waals surface area contributed by atoms with Gasteiger partial charge >= 0.3 is 0 Å². The molecule has 0 unspecified atom stereocenters. The number of aliphatic hydroxyl groups excluding tert-OH is 1. The minimum absolute atomic E-state index is 0.0468. The highest BCUT2D eigenvalue weighted by molar-refractivity contribution is 7.99. The van der Waals surface area contributed by atoms with E-state index in [2.05, 4.69) is 36.5 Å². The summed E-state index contributed by atoms with van der Waals surface area (Å²) in [4.78, 5) is 28.8. The van der Waals surface area contributed by atoms with Crippen molar-refractivity contribution < 1.29 is 28.6 Å². The van der Waals surface area contributed by atoms with Gasteiger partial charge in [0, 0.05) is 47.4 Å². The molecule has 5 aromatic rings. The molecule has 3 atom stereocenters. The molecule has 2 heterocycles. The molecule has 0 saturated carbocycles. The van der Waals surface area contributed by atoms with Gasteiger partial charge in [-0.2, -0.15) is 0 Å². The first-order valence-corrected chi connectivity index (χ1v) is 19.1. The van der Waals surface area contributed by atoms with Gasteiger partial charge in [0.15, 0.2) is 17.8 Å². The first-order chi connectivity index (χ1) is 25.5. The van der Waals surface area contributed by atoms with Crippen molar-refractivity contribution in [2.45, 2.75) is 82.0 Å². The Morgan fingerprint density at radius 3 is 2.12 bits per heavy atom. The largest absolute Gasteiger partial charge is 0.431 e. The quantitative estimate of drug-likeness (QED) is 0.0722. The zero-order valence-electron chi connectivity index (χ0n) is 29.5. The number of unbranched alkanes of at least 4 members (excludes halogenated alkanes) is 3. The number of benzene rings is 4. The molecule has 1 aliphatic rings. The van der Waals surface area contributed by atoms with E-state index >= 15 is 0 Å². The summed E-state index contributed by atoms with van der Waals surface area (Å²) in [6.45, 7) is 1.75. The van der Waals surface area contributed by atoms with Crippen LogP contribution in [0.15, 0.2) is 119 Å². The molecule has 2 N–H and O–H groups in total. The van der Waals surface area contributed by atoms with E-state index in [0.717, 1.165) is 65.8 Å². The van der Waals surface area contributed by atoms with Gasteiger partial charge in [0.05, 0.1) is 12.2 Å². The van der Waals surface area contributed by atoms with Gasteiger partial charge in [-0.15, -0.1) is 0 Å². The van der Waals surface area contributed by atoms with Crippen LogP contribution in [0.3, 0.4) is 0 Å². The molecule has 1 fully saturated rings. The van der Waals surface area contributed by atoms with Crippen molar-refractivity contribution in [2.24, 2.45) is 0 Å². The van der Waals surface area contributed by atoms with Gasteiger partial charge in [0.2, 0.25) is 5.91 Å². The highest BCUT2D eigenvalue weighted by atomic mass is 32.2. The number of rotatable bonds is 17. The molecule has 6 rings (SSSR count). The number of oxazole rings is 1. The number of hydrogen-bond donors (Lipinski definition) is 2. The number of nitrogens with zero attached hydrogens (tertiary/aromatic N) is 1. The van der Waals surface area contributed by atoms with Gasteiger partial charge in [-0.1, -0.05) is 129 Å². The summed E-state index contributed by atoms with van der Waals surface area (Å²) in [5.41, 5.74) is 6.75. The maximum absolute atomic E-state index is 12.6. The summed E-state index contributed by atoms with van der Waals surface area (Å²) in [5.74, 6) is 1.18. The summed E-state index contributed by atoms with van der Waals surface area (Å²) in [7, 11) is 0. The van der Waals surface area contributed by atoms with Crippen molar-refractivity contribution in [1.29, 1.82) is 0 Å². The molecule has 0 spiro atoms. The van der Waals surface area contributed by atoms with E-state index in [9.17, 15) is 9.59 Å². The lowest BCUT2D eigenvalue weighted by Crippen LogP contribution is -2.31. The number of hydrogen-bond acceptors (Lipinski definition) is 8. The first-order valence-electron chi connectivity index (χ1n) is 18.2. The number of anilines is 1. The van der Waals surface area contributed by atoms with E-state index in [1.807, 2.05) is 84.9 Å². The second kappa shape index (κ2) is 18.8. The predicted octanol–water partition coefficient (Wildman–Crippen LogP) is 9.75. The molecule has 0 radical (unpaired) electrons. The zero-order valence-corrected chi connectivity index (χ0v) is 30.4. The van der Waals surface area contributed by atoms with Crippen molar-refractivity contribution in [3.05, 3.63) is 126 Å². The first kappa shape index (κ1) is 37.2. The molecule has 52 heavy (non-hydrogen) atoms. The second-order valence-electron chi connectivity index (χ2n) is 13.0. The number of ketones is 1. The summed E-state index contributed by atoms with van der Waals surface area (Å²) < 4.78 is 19.6. The Bertz CT molecular complexity index is 1800. The van der Waals surface area contributed by atoms with Crippen LogP contribution in [0.1, 0.15) is 81.0 Å². The maximum Gasteiger partial charge on any atom is 0.256 e. The predicted molar refractivity (Wildman–Crippen MR) is 205 cm³/mol. The SMILES string of the molecule is CCc1ccc([C@@H]2C[C@H](CSc3nc(-c4ccccc4)c(-c4ccccc4)o3)O[C@H](c3ccc(NC(=O)CCCCCCC(=O)CO)cc3)O2)cc1. The van der Waals surface area contributed by atoms with Gasteiger partial charge in [0.1, 0.15) is 12.3 Å². The number of nitrogens with one attached hydrogen (secondary N) is 1. The van der Waals surface area contributed by atoms with E-state index in [1.165, 1.54) is 5.56 Å². The number of Topliss-reactive ketones (excluding diaryl/α,β-unsaturated/α-hetero) is 1. The summed E-state index contributed by atoms with van der Waals surface area (Å²) in [6, 6.07) is 36.4. The molecule has 9 heteroatoms. The summed E-state index contributed by atoms with van der Waals surface area (Å²) in [5, 5.41) is 12.4. The molecular formula is C43H46N2O6S. The number of carbonyl (C=O) groups is 2. The fourth-order valence-electron chi connectivity index (χ4n) is 6.24. The number of ether oxygens (including phenoxy) is 2. The Morgan fingerprint density at radius 2 is 1.44 bits per heavy atom. The van der Waals surface area contributed by atoms with Crippen LogP contribution in [-0.2, 0) is 25.5 Å². The van der Waals surface area contributed by atoms with E-state index in [4.69, 9.17) is 24.0 Å². The van der Waals surface area contributed by atoms with Crippen LogP contribution in [0.4, 0.5) is 5.69 Å². The van der Waals surface area contributed by atoms with E-state index in [0.29, 0.717) is 35.9 Å². The highest BCUT2D eigenvalue weighted by Crippen LogP contribution is 2.41. The molecule has 1 aliphatic heterocycles. The van der Waals surface area contributed by atoms with Crippen molar-refractivity contribution in [2.75, 3.05) is 17.7 Å². The Labute approximate surface area is 310 Å². The minimum Gasteiger partial charge on any atom is -0.431 e.